The highest BCUT2D eigenvalue weighted by Crippen LogP contribution is 2.56. The molecule has 3 unspecified atom stereocenters. The number of phosphoric acid groups is 3. The molecule has 392 valence electrons. The van der Waals surface area contributed by atoms with Crippen LogP contribution in [0.15, 0.2) is 12.7 Å². The highest BCUT2D eigenvalue weighted by atomic mass is 32.2. The van der Waals surface area contributed by atoms with E-state index in [4.69, 9.17) is 10.5 Å². The van der Waals surface area contributed by atoms with Crippen LogP contribution in [0, 0.1) is 5.41 Å². The summed E-state index contributed by atoms with van der Waals surface area (Å²) in [6, 6.07) is 0. The second kappa shape index (κ2) is 31.9. The van der Waals surface area contributed by atoms with Crippen molar-refractivity contribution in [2.75, 3.05) is 43.5 Å². The van der Waals surface area contributed by atoms with Crippen molar-refractivity contribution in [2.45, 2.75) is 148 Å². The summed E-state index contributed by atoms with van der Waals surface area (Å²) in [5, 5.41) is 26.6. The summed E-state index contributed by atoms with van der Waals surface area (Å²) in [7, 11) is -17.3. The number of carbonyl (C=O) groups is 2. The molecular weight excluding hydrogens is 965 g/mol. The molecule has 0 spiro atoms. The van der Waals surface area contributed by atoms with Gasteiger partial charge in [-0.05, 0) is 12.2 Å². The Morgan fingerprint density at radius 1 is 0.881 bits per heavy atom. The zero-order valence-corrected chi connectivity index (χ0v) is 43.2. The number of aliphatic hydroxyl groups is 2. The van der Waals surface area contributed by atoms with Crippen molar-refractivity contribution in [1.82, 2.24) is 48.6 Å². The molecule has 3 rings (SSSR count). The average molecular weight is 1040 g/mol. The van der Waals surface area contributed by atoms with Crippen LogP contribution in [0.4, 0.5) is 5.82 Å². The van der Waals surface area contributed by atoms with Crippen molar-refractivity contribution in [3.05, 3.63) is 12.7 Å². The van der Waals surface area contributed by atoms with Crippen LogP contribution in [0.2, 0.25) is 0 Å². The Hall–Kier alpha value is -2.23. The van der Waals surface area contributed by atoms with Crippen molar-refractivity contribution in [2.24, 2.45) is 5.41 Å². The minimum absolute atomic E-state index is 0. The second-order valence-electron chi connectivity index (χ2n) is 16.2. The molecule has 26 nitrogen and oxygen atoms in total. The number of fused-ring (bicyclic) bond motifs is 1. The van der Waals surface area contributed by atoms with E-state index in [1.54, 1.807) is 11.8 Å². The van der Waals surface area contributed by atoms with Gasteiger partial charge in [-0.3, -0.25) is 27.9 Å². The smallest absolute Gasteiger partial charge is 0.274 e. The Morgan fingerprint density at radius 2 is 1.45 bits per heavy atom. The van der Waals surface area contributed by atoms with E-state index in [1.165, 1.54) is 97.3 Å². The Kier molecular flexibility index (Phi) is 30.8. The number of ether oxygens (including phenoxy) is 1. The molecule has 0 bridgehead atoms. The minimum Gasteiger partial charge on any atom is -0.756 e. The number of imidazole rings is 1. The van der Waals surface area contributed by atoms with Gasteiger partial charge in [-0.1, -0.05) is 104 Å². The molecule has 0 saturated carbocycles. The van der Waals surface area contributed by atoms with Gasteiger partial charge in [0.05, 0.1) is 19.5 Å². The SMILES string of the molecule is CCCCCCCCCCCCCCCCSCCNC(=O)CCNC(=O)[C@H](O)C(C)(C)COP(=O)([O-])OP(=O)([O-])OC[C@H]1O[C@@H](n2cnc3c(N)ncnc32)[C@H](O)[C@@H]1OP(=O)([O-])O.[NH4+].[NH4+].[NH4+]. The summed E-state index contributed by atoms with van der Waals surface area (Å²) in [6.07, 6.45) is 11.1. The Morgan fingerprint density at radius 3 is 2.03 bits per heavy atom. The van der Waals surface area contributed by atoms with Gasteiger partial charge in [0.1, 0.15) is 36.3 Å². The second-order valence-corrected chi connectivity index (χ2v) is 21.5. The molecule has 0 aromatic carbocycles. The number of amides is 2. The van der Waals surface area contributed by atoms with E-state index in [1.807, 2.05) is 0 Å². The molecule has 1 aliphatic rings. The summed E-state index contributed by atoms with van der Waals surface area (Å²) in [6.45, 7) is 2.87. The number of anilines is 1. The zero-order valence-electron chi connectivity index (χ0n) is 39.7. The number of unbranched alkanes of at least 4 members (excludes halogenated alkanes) is 13. The largest absolute Gasteiger partial charge is 0.756 e. The summed E-state index contributed by atoms with van der Waals surface area (Å²) < 4.78 is 61.2. The maximum absolute atomic E-state index is 12.6. The van der Waals surface area contributed by atoms with Gasteiger partial charge in [0, 0.05) is 30.7 Å². The Labute approximate surface area is 396 Å². The maximum Gasteiger partial charge on any atom is 0.274 e. The van der Waals surface area contributed by atoms with Gasteiger partial charge in [-0.15, -0.1) is 0 Å². The van der Waals surface area contributed by atoms with Gasteiger partial charge >= 0.3 is 0 Å². The number of carbonyl (C=O) groups excluding carboxylic acids is 2. The number of phosphoric ester groups is 3. The minimum atomic E-state index is -5.88. The van der Waals surface area contributed by atoms with Crippen LogP contribution in [0.1, 0.15) is 123 Å². The molecular formula is C37H77N10O16P3S. The van der Waals surface area contributed by atoms with Crippen molar-refractivity contribution in [3.8, 4) is 0 Å². The lowest BCUT2D eigenvalue weighted by molar-refractivity contribution is -0.247. The molecule has 1 aliphatic heterocycles. The van der Waals surface area contributed by atoms with Gasteiger partial charge < -0.3 is 82.9 Å². The molecule has 2 aromatic rings. The van der Waals surface area contributed by atoms with Crippen LogP contribution in [0.5, 0.6) is 0 Å². The van der Waals surface area contributed by atoms with E-state index in [9.17, 15) is 53.1 Å². The van der Waals surface area contributed by atoms with Gasteiger partial charge in [0.15, 0.2) is 17.7 Å². The van der Waals surface area contributed by atoms with E-state index in [2.05, 4.69) is 50.4 Å². The van der Waals surface area contributed by atoms with Crippen molar-refractivity contribution >= 4 is 64.0 Å². The molecule has 1 fully saturated rings. The number of hydrogen-bond acceptors (Lipinski definition) is 20. The Balaban J connectivity index is 0.0000145. The van der Waals surface area contributed by atoms with E-state index in [0.717, 1.165) is 35.1 Å². The first kappa shape index (κ1) is 64.8. The number of nitrogen functional groups attached to an aromatic ring is 1. The molecule has 2 aromatic heterocycles. The van der Waals surface area contributed by atoms with E-state index in [-0.39, 0.29) is 54.3 Å². The molecule has 3 heterocycles. The lowest BCUT2D eigenvalue weighted by Gasteiger charge is -2.35. The molecule has 0 radical (unpaired) electrons. The predicted molar refractivity (Wildman–Crippen MR) is 249 cm³/mol. The number of hydrogen-bond donors (Lipinski definition) is 9. The summed E-state index contributed by atoms with van der Waals surface area (Å²) in [5.74, 6) is 0.435. The van der Waals surface area contributed by atoms with Crippen LogP contribution in [-0.2, 0) is 45.9 Å². The fourth-order valence-corrected chi connectivity index (χ4v) is 10.3. The molecule has 2 amide bonds. The van der Waals surface area contributed by atoms with Crippen LogP contribution in [0.25, 0.3) is 11.2 Å². The first-order valence-electron chi connectivity index (χ1n) is 21.6. The maximum atomic E-state index is 12.6. The molecule has 67 heavy (non-hydrogen) atoms. The number of aromatic nitrogens is 4. The topological polar surface area (TPSA) is 465 Å². The Bertz CT molecular complexity index is 1890. The number of quaternary nitrogens is 3. The first-order valence-corrected chi connectivity index (χ1v) is 27.1. The predicted octanol–water partition coefficient (Wildman–Crippen LogP) is 3.85. The van der Waals surface area contributed by atoms with Crippen molar-refractivity contribution in [1.29, 1.82) is 0 Å². The molecule has 1 saturated heterocycles. The van der Waals surface area contributed by atoms with E-state index >= 15 is 0 Å². The van der Waals surface area contributed by atoms with E-state index < -0.39 is 78.6 Å². The van der Waals surface area contributed by atoms with Gasteiger partial charge in [-0.2, -0.15) is 11.8 Å². The third-order valence-electron chi connectivity index (χ3n) is 10.3. The highest BCUT2D eigenvalue weighted by molar-refractivity contribution is 7.99. The third-order valence-corrected chi connectivity index (χ3v) is 14.4. The van der Waals surface area contributed by atoms with Crippen LogP contribution in [0.3, 0.4) is 0 Å². The normalized spacial score (nSPS) is 20.3. The molecule has 19 N–H and O–H groups in total. The van der Waals surface area contributed by atoms with Gasteiger partial charge in [0.25, 0.3) is 23.5 Å². The lowest BCUT2D eigenvalue weighted by atomic mass is 9.87. The van der Waals surface area contributed by atoms with Crippen molar-refractivity contribution in [3.63, 3.8) is 0 Å². The van der Waals surface area contributed by atoms with Gasteiger partial charge in [-0.25, -0.2) is 19.3 Å². The fourth-order valence-electron chi connectivity index (χ4n) is 6.69. The summed E-state index contributed by atoms with van der Waals surface area (Å²) in [5.41, 5.74) is 4.19. The standard InChI is InChI=1S/C37H68N7O16P3S.3H3N/c1-4-5-6-7-8-9-10-11-12-13-14-15-16-17-21-64-22-20-39-28(45)18-19-40-35(48)32(47)37(2,3)24-57-63(54,55)60-62(52,53)56-23-27-31(59-61(49,50)51)30(46)36(58-27)44-26-43-29-33(38)41-25-42-34(29)44;;;/h25-27,30-32,36,46-47H,4-24H2,1-3H3,(H,39,45)(H,40,48)(H,52,53)(H,54,55)(H2,38,41,42)(H2,49,50,51);3*1H3/t27-,30-,31-,32+,36-;;;/m1.../s1. The monoisotopic (exact) mass is 1040 g/mol. The summed E-state index contributed by atoms with van der Waals surface area (Å²) in [4.78, 5) is 82.6. The summed E-state index contributed by atoms with van der Waals surface area (Å²) >= 11 is 1.76. The van der Waals surface area contributed by atoms with E-state index in [0.29, 0.717) is 6.54 Å². The quantitative estimate of drug-likeness (QED) is 0.0355. The number of rotatable bonds is 34. The van der Waals surface area contributed by atoms with Gasteiger partial charge in [0.2, 0.25) is 11.8 Å². The molecule has 30 heteroatoms. The average Bonchev–Trinajstić information content (AvgIpc) is 3.78. The first-order chi connectivity index (χ1) is 30.2. The fraction of sp³-hybridized carbons (Fsp3) is 0.811. The number of nitrogens with one attached hydrogen (secondary N) is 2. The number of aliphatic hydroxyl groups excluding tert-OH is 2. The number of thioether (sulfide) groups is 1. The number of nitrogens with two attached hydrogens (primary N) is 1. The molecule has 0 aliphatic carbocycles. The number of nitrogens with zero attached hydrogens (tertiary/aromatic N) is 4. The van der Waals surface area contributed by atoms with Crippen molar-refractivity contribution < 1.29 is 75.7 Å². The third kappa shape index (κ3) is 24.0. The van der Waals surface area contributed by atoms with Crippen LogP contribution in [-0.4, -0.2) is 109 Å². The van der Waals surface area contributed by atoms with Crippen LogP contribution >= 0.6 is 35.2 Å². The zero-order chi connectivity index (χ0) is 47.4. The lowest BCUT2D eigenvalue weighted by Crippen LogP contribution is -2.46. The molecule has 8 atom stereocenters. The van der Waals surface area contributed by atoms with Crippen LogP contribution < -0.4 is 49.5 Å². The highest BCUT2D eigenvalue weighted by Gasteiger charge is 2.48.